The molecule has 1 N–H and O–H groups in total. The average Bonchev–Trinajstić information content (AvgIpc) is 3.58. The molecule has 4 aromatic rings. The Morgan fingerprint density at radius 1 is 0.717 bits per heavy atom. The first-order valence-electron chi connectivity index (χ1n) is 14.9. The van der Waals surface area contributed by atoms with Crippen molar-refractivity contribution in [3.05, 3.63) is 113 Å². The van der Waals surface area contributed by atoms with Crippen molar-refractivity contribution in [1.82, 2.24) is 0 Å². The molecule has 7 rings (SSSR count). The highest BCUT2D eigenvalue weighted by Crippen LogP contribution is 2.58. The van der Waals surface area contributed by atoms with Crippen LogP contribution in [0.25, 0.3) is 6.08 Å². The van der Waals surface area contributed by atoms with Crippen molar-refractivity contribution in [1.29, 1.82) is 0 Å². The number of para-hydroxylation sites is 2. The second-order valence-corrected chi connectivity index (χ2v) is 11.4. The van der Waals surface area contributed by atoms with E-state index in [4.69, 9.17) is 18.9 Å². The van der Waals surface area contributed by atoms with Gasteiger partial charge in [0.2, 0.25) is 5.91 Å². The highest BCUT2D eigenvalue weighted by Gasteiger charge is 2.70. The van der Waals surface area contributed by atoms with Gasteiger partial charge in [0.25, 0.3) is 0 Å². The second-order valence-electron chi connectivity index (χ2n) is 11.4. The van der Waals surface area contributed by atoms with Crippen LogP contribution in [0.5, 0.6) is 23.0 Å². The van der Waals surface area contributed by atoms with Gasteiger partial charge in [-0.1, -0.05) is 48.6 Å². The highest BCUT2D eigenvalue weighted by atomic mass is 16.5. The maximum atomic E-state index is 15.1. The number of carbonyl (C=O) groups excluding carboxylic acids is 3. The molecule has 0 radical (unpaired) electrons. The smallest absolute Gasteiger partial charge is 0.238 e. The SMILES string of the molecule is COc1ccc(C(=O)C2C(C(=O)c3ccc(OC)c(OC)c3)C3(C(=O)Nc4ccccc43)C3C=Cc4ccccc4N23)cc1OC. The molecule has 46 heavy (non-hydrogen) atoms. The van der Waals surface area contributed by atoms with Crippen LogP contribution in [0.3, 0.4) is 0 Å². The van der Waals surface area contributed by atoms with Crippen molar-refractivity contribution < 1.29 is 33.3 Å². The number of fused-ring (bicyclic) bond motifs is 6. The van der Waals surface area contributed by atoms with E-state index in [0.717, 1.165) is 11.3 Å². The van der Waals surface area contributed by atoms with Gasteiger partial charge in [-0.05, 0) is 59.7 Å². The lowest BCUT2D eigenvalue weighted by Crippen LogP contribution is -2.51. The van der Waals surface area contributed by atoms with Gasteiger partial charge in [0.15, 0.2) is 34.6 Å². The van der Waals surface area contributed by atoms with Crippen LogP contribution in [-0.4, -0.2) is 58.0 Å². The van der Waals surface area contributed by atoms with Gasteiger partial charge < -0.3 is 29.2 Å². The van der Waals surface area contributed by atoms with Crippen LogP contribution in [0.4, 0.5) is 11.4 Å². The zero-order chi connectivity index (χ0) is 32.2. The van der Waals surface area contributed by atoms with E-state index >= 15 is 9.59 Å². The Labute approximate surface area is 266 Å². The van der Waals surface area contributed by atoms with Gasteiger partial charge in [-0.3, -0.25) is 14.4 Å². The summed E-state index contributed by atoms with van der Waals surface area (Å²) in [7, 11) is 6.04. The van der Waals surface area contributed by atoms with Gasteiger partial charge in [-0.2, -0.15) is 0 Å². The number of carbonyl (C=O) groups is 3. The quantitative estimate of drug-likeness (QED) is 0.256. The number of ketones is 2. The molecule has 3 aliphatic heterocycles. The number of nitrogens with zero attached hydrogens (tertiary/aromatic N) is 1. The molecule has 3 heterocycles. The van der Waals surface area contributed by atoms with E-state index in [2.05, 4.69) is 5.32 Å². The first-order valence-corrected chi connectivity index (χ1v) is 14.9. The highest BCUT2D eigenvalue weighted by molar-refractivity contribution is 6.18. The minimum absolute atomic E-state index is 0.293. The minimum atomic E-state index is -1.44. The molecular formula is C37H32N2O7. The first kappa shape index (κ1) is 29.2. The molecule has 0 aliphatic carbocycles. The summed E-state index contributed by atoms with van der Waals surface area (Å²) >= 11 is 0. The van der Waals surface area contributed by atoms with Crippen molar-refractivity contribution >= 4 is 34.9 Å². The number of hydrogen-bond acceptors (Lipinski definition) is 8. The number of rotatable bonds is 8. The van der Waals surface area contributed by atoms with Crippen molar-refractivity contribution in [2.45, 2.75) is 17.5 Å². The average molecular weight is 617 g/mol. The fourth-order valence-electron chi connectivity index (χ4n) is 7.45. The number of anilines is 2. The zero-order valence-electron chi connectivity index (χ0n) is 25.8. The molecular weight excluding hydrogens is 584 g/mol. The number of methoxy groups -OCH3 is 4. The lowest BCUT2D eigenvalue weighted by Gasteiger charge is -2.37. The van der Waals surface area contributed by atoms with Crippen LogP contribution in [0, 0.1) is 5.92 Å². The van der Waals surface area contributed by atoms with Gasteiger partial charge in [0.1, 0.15) is 11.5 Å². The van der Waals surface area contributed by atoms with Gasteiger partial charge in [0, 0.05) is 22.5 Å². The molecule has 1 spiro atoms. The van der Waals surface area contributed by atoms with Crippen molar-refractivity contribution in [2.24, 2.45) is 5.92 Å². The summed E-state index contributed by atoms with van der Waals surface area (Å²) in [6.45, 7) is 0. The molecule has 3 aliphatic rings. The fourth-order valence-corrected chi connectivity index (χ4v) is 7.45. The van der Waals surface area contributed by atoms with Crippen LogP contribution in [0.15, 0.2) is 91.0 Å². The van der Waals surface area contributed by atoms with Crippen LogP contribution in [-0.2, 0) is 10.2 Å². The summed E-state index contributed by atoms with van der Waals surface area (Å²) in [5, 5.41) is 3.05. The summed E-state index contributed by atoms with van der Waals surface area (Å²) < 4.78 is 22.0. The van der Waals surface area contributed by atoms with Gasteiger partial charge in [0.05, 0.1) is 40.4 Å². The number of nitrogens with one attached hydrogen (secondary N) is 1. The fraction of sp³-hybridized carbons (Fsp3) is 0.216. The molecule has 1 fully saturated rings. The number of hydrogen-bond donors (Lipinski definition) is 1. The summed E-state index contributed by atoms with van der Waals surface area (Å²) in [6, 6.07) is 23.2. The van der Waals surface area contributed by atoms with Crippen LogP contribution in [0.1, 0.15) is 31.8 Å². The number of amides is 1. The normalized spacial score (nSPS) is 22.0. The third-order valence-electron chi connectivity index (χ3n) is 9.43. The molecule has 4 aromatic carbocycles. The summed E-state index contributed by atoms with van der Waals surface area (Å²) in [5.41, 5.74) is 2.09. The Hall–Kier alpha value is -5.57. The molecule has 9 heteroatoms. The van der Waals surface area contributed by atoms with E-state index in [1.807, 2.05) is 65.6 Å². The van der Waals surface area contributed by atoms with E-state index in [1.165, 1.54) is 28.4 Å². The van der Waals surface area contributed by atoms with E-state index in [-0.39, 0.29) is 17.5 Å². The maximum Gasteiger partial charge on any atom is 0.238 e. The number of benzene rings is 4. The predicted molar refractivity (Wildman–Crippen MR) is 174 cm³/mol. The Morgan fingerprint density at radius 2 is 1.30 bits per heavy atom. The molecule has 0 bridgehead atoms. The number of Topliss-reactive ketones (excluding diaryl/α,β-unsaturated/α-hetero) is 2. The van der Waals surface area contributed by atoms with Gasteiger partial charge in [-0.25, -0.2) is 0 Å². The van der Waals surface area contributed by atoms with Crippen molar-refractivity contribution in [3.8, 4) is 23.0 Å². The molecule has 232 valence electrons. The summed E-state index contributed by atoms with van der Waals surface area (Å²) in [4.78, 5) is 46.7. The predicted octanol–water partition coefficient (Wildman–Crippen LogP) is 5.58. The monoisotopic (exact) mass is 616 g/mol. The molecule has 0 aromatic heterocycles. The number of ether oxygens (including phenoxy) is 4. The molecule has 4 unspecified atom stereocenters. The lowest BCUT2D eigenvalue weighted by molar-refractivity contribution is -0.121. The molecule has 1 saturated heterocycles. The Balaban J connectivity index is 1.51. The van der Waals surface area contributed by atoms with Crippen molar-refractivity contribution in [2.75, 3.05) is 38.7 Å². The molecule has 9 nitrogen and oxygen atoms in total. The molecule has 1 amide bonds. The van der Waals surface area contributed by atoms with E-state index < -0.39 is 23.4 Å². The first-order chi connectivity index (χ1) is 22.4. The molecule has 4 atom stereocenters. The van der Waals surface area contributed by atoms with E-state index in [9.17, 15) is 4.79 Å². The van der Waals surface area contributed by atoms with Crippen molar-refractivity contribution in [3.63, 3.8) is 0 Å². The standard InChI is InChI=1S/C37H32N2O7/c1-43-27-16-13-22(19-29(27)45-3)34(40)32-33(35(41)23-14-17-28(44-2)30(20-23)46-4)39-26-12-8-5-9-21(26)15-18-31(39)37(32)24-10-6-7-11-25(24)38-36(37)42/h5-20,31-33H,1-4H3,(H,38,42). The lowest BCUT2D eigenvalue weighted by atomic mass is 9.64. The minimum Gasteiger partial charge on any atom is -0.493 e. The van der Waals surface area contributed by atoms with Gasteiger partial charge >= 0.3 is 0 Å². The molecule has 0 saturated carbocycles. The summed E-state index contributed by atoms with van der Waals surface area (Å²) in [5.74, 6) is -0.518. The van der Waals surface area contributed by atoms with Crippen LogP contribution < -0.4 is 29.2 Å². The third kappa shape index (κ3) is 4.04. The second kappa shape index (κ2) is 11.1. The topological polar surface area (TPSA) is 103 Å². The van der Waals surface area contributed by atoms with E-state index in [1.54, 1.807) is 36.4 Å². The van der Waals surface area contributed by atoms with Crippen LogP contribution >= 0.6 is 0 Å². The van der Waals surface area contributed by atoms with Gasteiger partial charge in [-0.15, -0.1) is 0 Å². The van der Waals surface area contributed by atoms with Crippen LogP contribution in [0.2, 0.25) is 0 Å². The van der Waals surface area contributed by atoms with E-state index in [0.29, 0.717) is 45.4 Å². The zero-order valence-corrected chi connectivity index (χ0v) is 25.8. The summed E-state index contributed by atoms with van der Waals surface area (Å²) in [6.07, 6.45) is 3.91. The largest absolute Gasteiger partial charge is 0.493 e. The Morgan fingerprint density at radius 3 is 1.96 bits per heavy atom. The maximum absolute atomic E-state index is 15.1. The Kier molecular flexibility index (Phi) is 7.04. The third-order valence-corrected chi connectivity index (χ3v) is 9.43. The Bertz CT molecular complexity index is 1930.